The minimum Gasteiger partial charge on any atom is -0.348 e. The summed E-state index contributed by atoms with van der Waals surface area (Å²) in [7, 11) is 0. The minimum absolute atomic E-state index is 0.145. The fourth-order valence-electron chi connectivity index (χ4n) is 4.59. The van der Waals surface area contributed by atoms with E-state index in [1.54, 1.807) is 23.1 Å². The summed E-state index contributed by atoms with van der Waals surface area (Å²) in [4.78, 5) is 21.8. The van der Waals surface area contributed by atoms with Crippen molar-refractivity contribution >= 4 is 17.7 Å². The number of nitrogens with one attached hydrogen (secondary N) is 1. The number of aromatic nitrogens is 5. The fraction of sp³-hybridized carbons (Fsp3) is 0.435. The van der Waals surface area contributed by atoms with Gasteiger partial charge in [-0.25, -0.2) is 14.6 Å². The van der Waals surface area contributed by atoms with Crippen LogP contribution in [0.5, 0.6) is 0 Å². The molecule has 2 heterocycles. The monoisotopic (exact) mass is 436 g/mol. The van der Waals surface area contributed by atoms with E-state index in [1.807, 2.05) is 30.3 Å². The summed E-state index contributed by atoms with van der Waals surface area (Å²) in [6.45, 7) is 6.80. The van der Waals surface area contributed by atoms with E-state index in [0.29, 0.717) is 22.5 Å². The van der Waals surface area contributed by atoms with Gasteiger partial charge in [-0.1, -0.05) is 55.9 Å². The quantitative estimate of drug-likeness (QED) is 0.458. The van der Waals surface area contributed by atoms with Crippen molar-refractivity contribution in [3.05, 3.63) is 60.2 Å². The largest absolute Gasteiger partial charge is 0.348 e. The lowest BCUT2D eigenvalue weighted by Gasteiger charge is -2.39. The molecule has 2 atom stereocenters. The Morgan fingerprint density at radius 3 is 2.61 bits per heavy atom. The third-order valence-corrected chi connectivity index (χ3v) is 6.47. The van der Waals surface area contributed by atoms with Crippen LogP contribution in [0.3, 0.4) is 0 Å². The Hall–Kier alpha value is -2.74. The predicted octanol–water partition coefficient (Wildman–Crippen LogP) is 4.29. The Morgan fingerprint density at radius 2 is 1.90 bits per heavy atom. The first-order chi connectivity index (χ1) is 14.9. The van der Waals surface area contributed by atoms with Crippen LogP contribution in [0.2, 0.25) is 0 Å². The first-order valence-corrected chi connectivity index (χ1v) is 11.6. The van der Waals surface area contributed by atoms with Crippen LogP contribution in [0.15, 0.2) is 53.9 Å². The number of carbonyl (C=O) groups is 1. The van der Waals surface area contributed by atoms with Gasteiger partial charge < -0.3 is 5.32 Å². The summed E-state index contributed by atoms with van der Waals surface area (Å²) >= 11 is 1.46. The van der Waals surface area contributed by atoms with E-state index in [2.05, 4.69) is 46.4 Å². The molecule has 8 heteroatoms. The third kappa shape index (κ3) is 5.31. The normalized spacial score (nSPS) is 20.4. The molecular formula is C23H28N6OS. The van der Waals surface area contributed by atoms with Gasteiger partial charge in [0.05, 0.1) is 11.4 Å². The van der Waals surface area contributed by atoms with Gasteiger partial charge in [0.2, 0.25) is 0 Å². The molecule has 0 spiro atoms. The van der Waals surface area contributed by atoms with E-state index in [1.165, 1.54) is 18.2 Å². The molecule has 4 rings (SSSR count). The molecule has 0 radical (unpaired) electrons. The molecule has 2 aromatic heterocycles. The number of carbonyl (C=O) groups excluding carboxylic acids is 1. The Kier molecular flexibility index (Phi) is 6.36. The summed E-state index contributed by atoms with van der Waals surface area (Å²) < 4.78 is 1.73. The van der Waals surface area contributed by atoms with Crippen molar-refractivity contribution in [1.29, 1.82) is 0 Å². The topological polar surface area (TPSA) is 85.6 Å². The van der Waals surface area contributed by atoms with Crippen LogP contribution in [-0.4, -0.2) is 36.9 Å². The summed E-state index contributed by atoms with van der Waals surface area (Å²) in [6, 6.07) is 11.7. The molecule has 1 N–H and O–H groups in total. The molecule has 1 saturated carbocycles. The van der Waals surface area contributed by atoms with Gasteiger partial charge in [0.1, 0.15) is 0 Å². The number of hydrogen-bond donors (Lipinski definition) is 1. The van der Waals surface area contributed by atoms with Gasteiger partial charge in [0.25, 0.3) is 5.91 Å². The minimum atomic E-state index is -0.165. The lowest BCUT2D eigenvalue weighted by Crippen LogP contribution is -2.43. The molecule has 3 aromatic rings. The average Bonchev–Trinajstić information content (AvgIpc) is 3.16. The molecule has 0 aliphatic heterocycles. The zero-order valence-electron chi connectivity index (χ0n) is 18.2. The van der Waals surface area contributed by atoms with Gasteiger partial charge >= 0.3 is 0 Å². The van der Waals surface area contributed by atoms with E-state index in [-0.39, 0.29) is 17.4 Å². The highest BCUT2D eigenvalue weighted by Crippen LogP contribution is 2.38. The van der Waals surface area contributed by atoms with Crippen molar-refractivity contribution in [1.82, 2.24) is 30.3 Å². The zero-order valence-corrected chi connectivity index (χ0v) is 19.0. The molecule has 1 aromatic carbocycles. The Morgan fingerprint density at radius 1 is 1.16 bits per heavy atom. The molecule has 1 aliphatic rings. The predicted molar refractivity (Wildman–Crippen MR) is 121 cm³/mol. The van der Waals surface area contributed by atoms with Crippen molar-refractivity contribution < 1.29 is 4.79 Å². The Labute approximate surface area is 187 Å². The summed E-state index contributed by atoms with van der Waals surface area (Å²) in [6.07, 6.45) is 6.56. The van der Waals surface area contributed by atoms with E-state index in [0.717, 1.165) is 24.2 Å². The van der Waals surface area contributed by atoms with E-state index < -0.39 is 0 Å². The number of rotatable bonds is 6. The summed E-state index contributed by atoms with van der Waals surface area (Å²) in [5, 5.41) is 12.5. The lowest BCUT2D eigenvalue weighted by molar-refractivity contribution is 0.0868. The fourth-order valence-corrected chi connectivity index (χ4v) is 5.38. The van der Waals surface area contributed by atoms with Gasteiger partial charge in [0, 0.05) is 24.2 Å². The van der Waals surface area contributed by atoms with Gasteiger partial charge in [-0.05, 0) is 48.8 Å². The Bertz CT molecular complexity index is 1020. The first-order valence-electron chi connectivity index (χ1n) is 10.6. The maximum absolute atomic E-state index is 13.2. The second kappa shape index (κ2) is 9.18. The number of thioether (sulfide) groups is 1. The van der Waals surface area contributed by atoms with Crippen LogP contribution in [0.25, 0.3) is 5.69 Å². The van der Waals surface area contributed by atoms with Crippen LogP contribution in [0.4, 0.5) is 0 Å². The number of para-hydroxylation sites is 1. The molecule has 1 amide bonds. The van der Waals surface area contributed by atoms with Crippen LogP contribution < -0.4 is 5.32 Å². The average molecular weight is 437 g/mol. The highest BCUT2D eigenvalue weighted by Gasteiger charge is 2.33. The maximum Gasteiger partial charge on any atom is 0.274 e. The van der Waals surface area contributed by atoms with Gasteiger partial charge in [-0.2, -0.15) is 0 Å². The van der Waals surface area contributed by atoms with E-state index in [9.17, 15) is 4.79 Å². The molecule has 1 fully saturated rings. The molecule has 7 nitrogen and oxygen atoms in total. The number of amides is 1. The molecule has 1 aliphatic carbocycles. The summed E-state index contributed by atoms with van der Waals surface area (Å²) in [5.74, 6) is 0.905. The third-order valence-electron chi connectivity index (χ3n) is 5.58. The van der Waals surface area contributed by atoms with Crippen molar-refractivity contribution in [2.24, 2.45) is 11.3 Å². The smallest absolute Gasteiger partial charge is 0.274 e. The second-order valence-corrected chi connectivity index (χ2v) is 9.98. The molecule has 2 unspecified atom stereocenters. The highest BCUT2D eigenvalue weighted by molar-refractivity contribution is 7.98. The number of hydrogen-bond acceptors (Lipinski definition) is 6. The number of nitrogens with zero attached hydrogens (tertiary/aromatic N) is 5. The molecule has 0 bridgehead atoms. The molecule has 162 valence electrons. The van der Waals surface area contributed by atoms with Crippen LogP contribution in [0.1, 0.15) is 56.2 Å². The van der Waals surface area contributed by atoms with Crippen molar-refractivity contribution in [2.75, 3.05) is 0 Å². The second-order valence-electron chi connectivity index (χ2n) is 9.04. The van der Waals surface area contributed by atoms with Crippen LogP contribution >= 0.6 is 11.8 Å². The Balaban J connectivity index is 1.59. The van der Waals surface area contributed by atoms with Crippen LogP contribution in [-0.2, 0) is 5.75 Å². The zero-order chi connectivity index (χ0) is 21.8. The number of benzene rings is 1. The molecule has 31 heavy (non-hydrogen) atoms. The van der Waals surface area contributed by atoms with Crippen molar-refractivity contribution in [2.45, 2.75) is 57.0 Å². The van der Waals surface area contributed by atoms with E-state index >= 15 is 0 Å². The van der Waals surface area contributed by atoms with Gasteiger partial charge in [-0.15, -0.1) is 5.10 Å². The lowest BCUT2D eigenvalue weighted by atomic mass is 9.70. The van der Waals surface area contributed by atoms with E-state index in [4.69, 9.17) is 0 Å². The van der Waals surface area contributed by atoms with Crippen molar-refractivity contribution in [3.63, 3.8) is 0 Å². The molecular weight excluding hydrogens is 408 g/mol. The van der Waals surface area contributed by atoms with Gasteiger partial charge in [-0.3, -0.25) is 4.79 Å². The molecule has 0 saturated heterocycles. The highest BCUT2D eigenvalue weighted by atomic mass is 32.2. The van der Waals surface area contributed by atoms with Crippen LogP contribution in [0, 0.1) is 11.3 Å². The maximum atomic E-state index is 13.2. The van der Waals surface area contributed by atoms with Gasteiger partial charge in [0.15, 0.2) is 10.9 Å². The SMILES string of the molecule is CC1CC(NC(=O)c2nnn(-c3ccccc3)c2CSc2ncccn2)CC(C)(C)C1. The summed E-state index contributed by atoms with van der Waals surface area (Å²) in [5.41, 5.74) is 2.19. The first kappa shape index (κ1) is 21.5. The van der Waals surface area contributed by atoms with Crippen molar-refractivity contribution in [3.8, 4) is 5.69 Å². The standard InChI is InChI=1S/C23H28N6OS/c1-16-12-17(14-23(2,3)13-16)26-21(30)20-19(15-31-22-24-10-7-11-25-22)29(28-27-20)18-8-5-4-6-9-18/h4-11,16-17H,12-15H2,1-3H3,(H,26,30).